The summed E-state index contributed by atoms with van der Waals surface area (Å²) >= 11 is 0. The molecule has 140 valence electrons. The van der Waals surface area contributed by atoms with Gasteiger partial charge in [0.15, 0.2) is 0 Å². The van der Waals surface area contributed by atoms with Gasteiger partial charge in [0, 0.05) is 11.1 Å². The van der Waals surface area contributed by atoms with Gasteiger partial charge in [0.05, 0.1) is 0 Å². The number of rotatable bonds is 4. The molecule has 3 heteroatoms. The topological polar surface area (TPSA) is 36.8 Å². The Kier molecular flexibility index (Phi) is 5.11. The van der Waals surface area contributed by atoms with Crippen LogP contribution in [0.2, 0.25) is 0 Å². The van der Waals surface area contributed by atoms with Crippen molar-refractivity contribution in [3.63, 3.8) is 0 Å². The molecule has 0 aromatic heterocycles. The van der Waals surface area contributed by atoms with E-state index in [4.69, 9.17) is 9.98 Å². The average molecular weight is 360 g/mol. The van der Waals surface area contributed by atoms with Crippen LogP contribution in [0.1, 0.15) is 67.0 Å². The van der Waals surface area contributed by atoms with Gasteiger partial charge in [-0.2, -0.15) is 0 Å². The Morgan fingerprint density at radius 2 is 1.44 bits per heavy atom. The average Bonchev–Trinajstić information content (AvgIpc) is 2.72. The Balaban J connectivity index is 1.63. The van der Waals surface area contributed by atoms with E-state index in [0.717, 1.165) is 30.1 Å². The number of hydrogen-bond donors (Lipinski definition) is 1. The Bertz CT molecular complexity index is 852. The summed E-state index contributed by atoms with van der Waals surface area (Å²) in [6, 6.07) is 13.5. The summed E-state index contributed by atoms with van der Waals surface area (Å²) in [6.45, 7) is 6.49. The van der Waals surface area contributed by atoms with Gasteiger partial charge in [-0.3, -0.25) is 0 Å². The molecule has 2 aromatic carbocycles. The molecule has 0 saturated carbocycles. The minimum atomic E-state index is -0.0665. The molecule has 1 unspecified atom stereocenters. The molecule has 0 radical (unpaired) electrons. The van der Waals surface area contributed by atoms with E-state index in [-0.39, 0.29) is 6.17 Å². The SMILES string of the molecule is CCc1ccc(C2=NC(C)N=C(c3ccc4c(c3)CCCC4)N2)cc1CC. The predicted octanol–water partition coefficient (Wildman–Crippen LogP) is 4.83. The quantitative estimate of drug-likeness (QED) is 0.834. The molecule has 1 atom stereocenters. The lowest BCUT2D eigenvalue weighted by molar-refractivity contribution is 0.685. The maximum absolute atomic E-state index is 4.77. The number of benzene rings is 2. The molecule has 2 aliphatic rings. The van der Waals surface area contributed by atoms with E-state index in [9.17, 15) is 0 Å². The van der Waals surface area contributed by atoms with Gasteiger partial charge >= 0.3 is 0 Å². The molecule has 1 heterocycles. The lowest BCUT2D eigenvalue weighted by atomic mass is 9.90. The number of amidine groups is 2. The Hall–Kier alpha value is -2.42. The zero-order valence-electron chi connectivity index (χ0n) is 16.7. The molecule has 2 aromatic rings. The first-order valence-corrected chi connectivity index (χ1v) is 10.3. The van der Waals surface area contributed by atoms with Gasteiger partial charge in [-0.25, -0.2) is 9.98 Å². The lowest BCUT2D eigenvalue weighted by Gasteiger charge is -2.22. The van der Waals surface area contributed by atoms with E-state index < -0.39 is 0 Å². The molecule has 27 heavy (non-hydrogen) atoms. The molecule has 3 nitrogen and oxygen atoms in total. The van der Waals surface area contributed by atoms with Gasteiger partial charge in [0.25, 0.3) is 0 Å². The molecular weight excluding hydrogens is 330 g/mol. The molecule has 0 amide bonds. The number of aliphatic imine (C=N–C) groups is 2. The number of nitrogens with one attached hydrogen (secondary N) is 1. The van der Waals surface area contributed by atoms with Crippen LogP contribution in [0.3, 0.4) is 0 Å². The lowest BCUT2D eigenvalue weighted by Crippen LogP contribution is -2.37. The fraction of sp³-hybridized carbons (Fsp3) is 0.417. The van der Waals surface area contributed by atoms with E-state index in [0.29, 0.717) is 0 Å². The van der Waals surface area contributed by atoms with Crippen LogP contribution in [0, 0.1) is 0 Å². The summed E-state index contributed by atoms with van der Waals surface area (Å²) < 4.78 is 0. The second-order valence-electron chi connectivity index (χ2n) is 7.59. The van der Waals surface area contributed by atoms with Crippen molar-refractivity contribution in [1.82, 2.24) is 5.32 Å². The van der Waals surface area contributed by atoms with Crippen molar-refractivity contribution in [2.24, 2.45) is 9.98 Å². The first kappa shape index (κ1) is 18.0. The van der Waals surface area contributed by atoms with Crippen LogP contribution >= 0.6 is 0 Å². The molecule has 1 aliphatic carbocycles. The monoisotopic (exact) mass is 359 g/mol. The molecule has 0 spiro atoms. The Labute approximate surface area is 162 Å². The van der Waals surface area contributed by atoms with E-state index >= 15 is 0 Å². The highest BCUT2D eigenvalue weighted by Crippen LogP contribution is 2.23. The van der Waals surface area contributed by atoms with E-state index in [1.165, 1.54) is 53.5 Å². The Morgan fingerprint density at radius 3 is 2.15 bits per heavy atom. The third kappa shape index (κ3) is 3.69. The van der Waals surface area contributed by atoms with Crippen molar-refractivity contribution < 1.29 is 0 Å². The van der Waals surface area contributed by atoms with Gasteiger partial charge in [-0.1, -0.05) is 38.1 Å². The van der Waals surface area contributed by atoms with Gasteiger partial charge in [0.1, 0.15) is 17.8 Å². The molecule has 0 saturated heterocycles. The minimum Gasteiger partial charge on any atom is -0.324 e. The van der Waals surface area contributed by atoms with Gasteiger partial charge < -0.3 is 5.32 Å². The fourth-order valence-electron chi connectivity index (χ4n) is 4.20. The number of hydrogen-bond acceptors (Lipinski definition) is 3. The maximum Gasteiger partial charge on any atom is 0.141 e. The van der Waals surface area contributed by atoms with Gasteiger partial charge in [0.2, 0.25) is 0 Å². The van der Waals surface area contributed by atoms with Crippen molar-refractivity contribution in [3.8, 4) is 0 Å². The summed E-state index contributed by atoms with van der Waals surface area (Å²) in [5.74, 6) is 1.88. The van der Waals surface area contributed by atoms with E-state index in [2.05, 4.69) is 62.5 Å². The zero-order valence-corrected chi connectivity index (χ0v) is 16.7. The first-order chi connectivity index (χ1) is 13.2. The summed E-state index contributed by atoms with van der Waals surface area (Å²) in [4.78, 5) is 9.54. The highest BCUT2D eigenvalue weighted by molar-refractivity contribution is 6.16. The number of aryl methyl sites for hydroxylation is 4. The third-order valence-corrected chi connectivity index (χ3v) is 5.73. The van der Waals surface area contributed by atoms with Gasteiger partial charge in [-0.15, -0.1) is 0 Å². The summed E-state index contributed by atoms with van der Waals surface area (Å²) in [7, 11) is 0. The second-order valence-corrected chi connectivity index (χ2v) is 7.59. The molecule has 0 bridgehead atoms. The van der Waals surface area contributed by atoms with Crippen molar-refractivity contribution in [2.45, 2.75) is 65.5 Å². The number of nitrogens with zero attached hydrogens (tertiary/aromatic N) is 2. The van der Waals surface area contributed by atoms with Crippen molar-refractivity contribution >= 4 is 11.7 Å². The number of fused-ring (bicyclic) bond motifs is 1. The van der Waals surface area contributed by atoms with Crippen LogP contribution in [0.4, 0.5) is 0 Å². The van der Waals surface area contributed by atoms with Crippen molar-refractivity contribution in [1.29, 1.82) is 0 Å². The molecule has 1 aliphatic heterocycles. The van der Waals surface area contributed by atoms with E-state index in [1.54, 1.807) is 0 Å². The summed E-state index contributed by atoms with van der Waals surface area (Å²) in [6.07, 6.45) is 7.06. The van der Waals surface area contributed by atoms with Crippen LogP contribution in [-0.2, 0) is 25.7 Å². The van der Waals surface area contributed by atoms with Crippen LogP contribution in [0.15, 0.2) is 46.4 Å². The normalized spacial score (nSPS) is 19.0. The molecule has 1 N–H and O–H groups in total. The summed E-state index contributed by atoms with van der Waals surface area (Å²) in [5.41, 5.74) is 8.16. The minimum absolute atomic E-state index is 0.0665. The Morgan fingerprint density at radius 1 is 0.815 bits per heavy atom. The molecular formula is C24H29N3. The van der Waals surface area contributed by atoms with Crippen LogP contribution in [-0.4, -0.2) is 17.8 Å². The standard InChI is InChI=1S/C24H29N3/c1-4-17-10-12-21(14-18(17)5-2)23-25-16(3)26-24(27-23)22-13-11-19-8-6-7-9-20(19)15-22/h10-16H,4-9H2,1-3H3,(H,25,26,27). The van der Waals surface area contributed by atoms with Crippen LogP contribution in [0.5, 0.6) is 0 Å². The highest BCUT2D eigenvalue weighted by Gasteiger charge is 2.19. The van der Waals surface area contributed by atoms with Crippen LogP contribution in [0.25, 0.3) is 0 Å². The van der Waals surface area contributed by atoms with E-state index in [1.807, 2.05) is 0 Å². The fourth-order valence-corrected chi connectivity index (χ4v) is 4.20. The zero-order chi connectivity index (χ0) is 18.8. The van der Waals surface area contributed by atoms with Crippen molar-refractivity contribution in [2.75, 3.05) is 0 Å². The smallest absolute Gasteiger partial charge is 0.141 e. The van der Waals surface area contributed by atoms with Crippen molar-refractivity contribution in [3.05, 3.63) is 69.8 Å². The third-order valence-electron chi connectivity index (χ3n) is 5.73. The molecule has 4 rings (SSSR count). The van der Waals surface area contributed by atoms with Gasteiger partial charge in [-0.05, 0) is 79.8 Å². The molecule has 0 fully saturated rings. The predicted molar refractivity (Wildman–Crippen MR) is 114 cm³/mol. The highest BCUT2D eigenvalue weighted by atomic mass is 15.2. The maximum atomic E-state index is 4.77. The largest absolute Gasteiger partial charge is 0.324 e. The summed E-state index contributed by atoms with van der Waals surface area (Å²) in [5, 5.41) is 3.51. The second kappa shape index (κ2) is 7.67. The first-order valence-electron chi connectivity index (χ1n) is 10.3. The van der Waals surface area contributed by atoms with Crippen LogP contribution < -0.4 is 5.32 Å².